The zero-order chi connectivity index (χ0) is 13.9. The molecule has 0 atom stereocenters. The summed E-state index contributed by atoms with van der Waals surface area (Å²) in [6.45, 7) is 1.66. The van der Waals surface area contributed by atoms with Gasteiger partial charge in [0.05, 0.1) is 12.8 Å². The van der Waals surface area contributed by atoms with E-state index in [1.165, 1.54) is 7.05 Å². The maximum Gasteiger partial charge on any atom is 0.239 e. The van der Waals surface area contributed by atoms with Gasteiger partial charge in [0.1, 0.15) is 0 Å². The first kappa shape index (κ1) is 15.1. The van der Waals surface area contributed by atoms with E-state index in [1.807, 2.05) is 19.1 Å². The minimum atomic E-state index is -3.34. The maximum atomic E-state index is 11.7. The second-order valence-corrected chi connectivity index (χ2v) is 7.03. The Kier molecular flexibility index (Phi) is 4.89. The SMILES string of the molecule is Cc1cc(Br)ccc1NC(=O)CN(C)S(C)(=O)=O. The molecule has 0 aliphatic heterocycles. The Balaban J connectivity index is 2.71. The van der Waals surface area contributed by atoms with Crippen molar-refractivity contribution in [1.82, 2.24) is 4.31 Å². The number of aryl methyl sites for hydroxylation is 1. The second kappa shape index (κ2) is 5.81. The third kappa shape index (κ3) is 4.40. The Hall–Kier alpha value is -0.920. The van der Waals surface area contributed by atoms with E-state index < -0.39 is 10.0 Å². The number of anilines is 1. The van der Waals surface area contributed by atoms with E-state index in [0.29, 0.717) is 5.69 Å². The topological polar surface area (TPSA) is 66.5 Å². The van der Waals surface area contributed by atoms with Gasteiger partial charge in [-0.15, -0.1) is 0 Å². The van der Waals surface area contributed by atoms with Crippen molar-refractivity contribution in [2.24, 2.45) is 0 Å². The van der Waals surface area contributed by atoms with Gasteiger partial charge in [0, 0.05) is 17.2 Å². The van der Waals surface area contributed by atoms with E-state index in [0.717, 1.165) is 20.6 Å². The molecule has 0 fully saturated rings. The van der Waals surface area contributed by atoms with E-state index in [2.05, 4.69) is 21.2 Å². The smallest absolute Gasteiger partial charge is 0.239 e. The Bertz CT molecular complexity index is 557. The molecule has 0 saturated carbocycles. The quantitative estimate of drug-likeness (QED) is 0.909. The van der Waals surface area contributed by atoms with E-state index in [-0.39, 0.29) is 12.5 Å². The monoisotopic (exact) mass is 334 g/mol. The molecule has 1 aromatic rings. The summed E-state index contributed by atoms with van der Waals surface area (Å²) in [5.41, 5.74) is 1.57. The van der Waals surface area contributed by atoms with Gasteiger partial charge in [0.2, 0.25) is 15.9 Å². The lowest BCUT2D eigenvalue weighted by atomic mass is 10.2. The first-order valence-electron chi connectivity index (χ1n) is 5.17. The van der Waals surface area contributed by atoms with Crippen LogP contribution in [0.5, 0.6) is 0 Å². The first-order chi connectivity index (χ1) is 8.20. The Morgan fingerprint density at radius 1 is 1.44 bits per heavy atom. The van der Waals surface area contributed by atoms with Crippen molar-refractivity contribution in [3.8, 4) is 0 Å². The molecule has 0 heterocycles. The minimum absolute atomic E-state index is 0.200. The maximum absolute atomic E-state index is 11.7. The van der Waals surface area contributed by atoms with Gasteiger partial charge in [-0.3, -0.25) is 4.79 Å². The van der Waals surface area contributed by atoms with Crippen LogP contribution in [0.3, 0.4) is 0 Å². The number of sulfonamides is 1. The van der Waals surface area contributed by atoms with Crippen molar-refractivity contribution in [1.29, 1.82) is 0 Å². The molecular weight excluding hydrogens is 320 g/mol. The van der Waals surface area contributed by atoms with Gasteiger partial charge in [-0.1, -0.05) is 15.9 Å². The molecule has 18 heavy (non-hydrogen) atoms. The highest BCUT2D eigenvalue weighted by Crippen LogP contribution is 2.19. The zero-order valence-corrected chi connectivity index (χ0v) is 12.8. The molecule has 1 N–H and O–H groups in total. The molecule has 1 rings (SSSR count). The summed E-state index contributed by atoms with van der Waals surface area (Å²) in [6.07, 6.45) is 1.06. The number of halogens is 1. The average Bonchev–Trinajstić information content (AvgIpc) is 2.20. The van der Waals surface area contributed by atoms with Gasteiger partial charge in [0.25, 0.3) is 0 Å². The normalized spacial score (nSPS) is 11.6. The third-order valence-corrected chi connectivity index (χ3v) is 4.15. The molecule has 0 aliphatic carbocycles. The molecule has 0 bridgehead atoms. The second-order valence-electron chi connectivity index (χ2n) is 4.03. The van der Waals surface area contributed by atoms with Crippen LogP contribution < -0.4 is 5.32 Å². The average molecular weight is 335 g/mol. The van der Waals surface area contributed by atoms with Crippen molar-refractivity contribution < 1.29 is 13.2 Å². The molecule has 0 aromatic heterocycles. The largest absolute Gasteiger partial charge is 0.325 e. The molecule has 0 aliphatic rings. The fourth-order valence-electron chi connectivity index (χ4n) is 1.28. The van der Waals surface area contributed by atoms with E-state index in [4.69, 9.17) is 0 Å². The Morgan fingerprint density at radius 3 is 2.56 bits per heavy atom. The predicted octanol–water partition coefficient (Wildman–Crippen LogP) is 1.59. The molecule has 0 unspecified atom stereocenters. The summed E-state index contributed by atoms with van der Waals surface area (Å²) >= 11 is 3.33. The van der Waals surface area contributed by atoms with Crippen LogP contribution in [0.15, 0.2) is 22.7 Å². The van der Waals surface area contributed by atoms with E-state index >= 15 is 0 Å². The standard InChI is InChI=1S/C11H15BrN2O3S/c1-8-6-9(12)4-5-10(8)13-11(15)7-14(2)18(3,16)17/h4-6H,7H2,1-3H3,(H,13,15). The lowest BCUT2D eigenvalue weighted by Gasteiger charge is -2.14. The summed E-state index contributed by atoms with van der Waals surface area (Å²) in [5.74, 6) is -0.367. The van der Waals surface area contributed by atoms with Gasteiger partial charge in [-0.2, -0.15) is 4.31 Å². The fourth-order valence-corrected chi connectivity index (χ4v) is 2.10. The number of carbonyl (C=O) groups excluding carboxylic acids is 1. The van der Waals surface area contributed by atoms with Gasteiger partial charge in [0.15, 0.2) is 0 Å². The highest BCUT2D eigenvalue weighted by Gasteiger charge is 2.15. The molecule has 5 nitrogen and oxygen atoms in total. The van der Waals surface area contributed by atoms with Crippen LogP contribution >= 0.6 is 15.9 Å². The number of nitrogens with zero attached hydrogens (tertiary/aromatic N) is 1. The lowest BCUT2D eigenvalue weighted by molar-refractivity contribution is -0.116. The number of hydrogen-bond acceptors (Lipinski definition) is 3. The van der Waals surface area contributed by atoms with Crippen molar-refractivity contribution in [2.75, 3.05) is 25.2 Å². The summed E-state index contributed by atoms with van der Waals surface area (Å²) in [5, 5.41) is 2.67. The van der Waals surface area contributed by atoms with Crippen molar-refractivity contribution in [3.05, 3.63) is 28.2 Å². The van der Waals surface area contributed by atoms with Crippen LogP contribution in [0.25, 0.3) is 0 Å². The summed E-state index contributed by atoms with van der Waals surface area (Å²) in [4.78, 5) is 11.7. The molecule has 0 spiro atoms. The highest BCUT2D eigenvalue weighted by atomic mass is 79.9. The molecule has 7 heteroatoms. The van der Waals surface area contributed by atoms with E-state index in [9.17, 15) is 13.2 Å². The number of likely N-dealkylation sites (N-methyl/N-ethyl adjacent to an activating group) is 1. The van der Waals surface area contributed by atoms with Gasteiger partial charge in [-0.05, 0) is 30.7 Å². The Morgan fingerprint density at radius 2 is 2.06 bits per heavy atom. The zero-order valence-electron chi connectivity index (χ0n) is 10.4. The van der Waals surface area contributed by atoms with Crippen LogP contribution in [-0.4, -0.2) is 38.5 Å². The Labute approximate surface area is 115 Å². The molecule has 0 radical (unpaired) electrons. The van der Waals surface area contributed by atoms with Crippen molar-refractivity contribution in [2.45, 2.75) is 6.92 Å². The van der Waals surface area contributed by atoms with Gasteiger partial charge in [-0.25, -0.2) is 8.42 Å². The van der Waals surface area contributed by atoms with Crippen LogP contribution in [0, 0.1) is 6.92 Å². The van der Waals surface area contributed by atoms with Crippen LogP contribution in [-0.2, 0) is 14.8 Å². The number of hydrogen-bond donors (Lipinski definition) is 1. The number of benzene rings is 1. The number of nitrogens with one attached hydrogen (secondary N) is 1. The molecule has 100 valence electrons. The van der Waals surface area contributed by atoms with Gasteiger partial charge < -0.3 is 5.32 Å². The minimum Gasteiger partial charge on any atom is -0.325 e. The van der Waals surface area contributed by atoms with E-state index in [1.54, 1.807) is 6.07 Å². The number of amides is 1. The predicted molar refractivity (Wildman–Crippen MR) is 75.0 cm³/mol. The number of carbonyl (C=O) groups is 1. The van der Waals surface area contributed by atoms with Crippen LogP contribution in [0.4, 0.5) is 5.69 Å². The van der Waals surface area contributed by atoms with Gasteiger partial charge >= 0.3 is 0 Å². The summed E-state index contributed by atoms with van der Waals surface area (Å²) in [7, 11) is -1.98. The van der Waals surface area contributed by atoms with Crippen LogP contribution in [0.2, 0.25) is 0 Å². The van der Waals surface area contributed by atoms with Crippen molar-refractivity contribution in [3.63, 3.8) is 0 Å². The summed E-state index contributed by atoms with van der Waals surface area (Å²) in [6, 6.07) is 5.44. The molecule has 1 amide bonds. The molecule has 0 saturated heterocycles. The third-order valence-electron chi connectivity index (χ3n) is 2.39. The molecule has 1 aromatic carbocycles. The first-order valence-corrected chi connectivity index (χ1v) is 7.81. The fraction of sp³-hybridized carbons (Fsp3) is 0.364. The highest BCUT2D eigenvalue weighted by molar-refractivity contribution is 9.10. The lowest BCUT2D eigenvalue weighted by Crippen LogP contribution is -2.34. The van der Waals surface area contributed by atoms with Crippen molar-refractivity contribution >= 4 is 37.5 Å². The van der Waals surface area contributed by atoms with Crippen LogP contribution in [0.1, 0.15) is 5.56 Å². The number of rotatable bonds is 4. The molecular formula is C11H15BrN2O3S. The summed E-state index contributed by atoms with van der Waals surface area (Å²) < 4.78 is 24.3.